The SMILES string of the molecule is COc1ccc(C(=O)COC(=O)COc2cc(C)ccc2C)cc1. The summed E-state index contributed by atoms with van der Waals surface area (Å²) in [5, 5.41) is 0. The lowest BCUT2D eigenvalue weighted by molar-refractivity contribution is -0.144. The van der Waals surface area contributed by atoms with E-state index < -0.39 is 5.97 Å². The van der Waals surface area contributed by atoms with Gasteiger partial charge >= 0.3 is 5.97 Å². The summed E-state index contributed by atoms with van der Waals surface area (Å²) in [6.45, 7) is 3.28. The molecule has 0 aliphatic heterocycles. The van der Waals surface area contributed by atoms with E-state index in [-0.39, 0.29) is 19.0 Å². The van der Waals surface area contributed by atoms with Crippen LogP contribution in [0, 0.1) is 13.8 Å². The van der Waals surface area contributed by atoms with Gasteiger partial charge in [0.05, 0.1) is 7.11 Å². The van der Waals surface area contributed by atoms with Crippen LogP contribution in [-0.2, 0) is 9.53 Å². The van der Waals surface area contributed by atoms with Gasteiger partial charge < -0.3 is 14.2 Å². The average Bonchev–Trinajstić information content (AvgIpc) is 2.60. The summed E-state index contributed by atoms with van der Waals surface area (Å²) in [6, 6.07) is 12.4. The molecule has 0 aromatic heterocycles. The Labute approximate surface area is 141 Å². The molecule has 0 heterocycles. The van der Waals surface area contributed by atoms with Gasteiger partial charge in [-0.2, -0.15) is 0 Å². The molecule has 0 aliphatic carbocycles. The summed E-state index contributed by atoms with van der Waals surface area (Å²) in [5.74, 6) is 0.425. The van der Waals surface area contributed by atoms with Crippen molar-refractivity contribution in [3.8, 4) is 11.5 Å². The number of esters is 1. The minimum atomic E-state index is -0.585. The van der Waals surface area contributed by atoms with E-state index in [2.05, 4.69) is 0 Å². The Bertz CT molecular complexity index is 719. The normalized spacial score (nSPS) is 10.1. The minimum Gasteiger partial charge on any atom is -0.497 e. The number of benzene rings is 2. The van der Waals surface area contributed by atoms with Crippen LogP contribution in [0.1, 0.15) is 21.5 Å². The van der Waals surface area contributed by atoms with Gasteiger partial charge in [-0.25, -0.2) is 4.79 Å². The zero-order chi connectivity index (χ0) is 17.5. The molecule has 0 saturated heterocycles. The summed E-state index contributed by atoms with van der Waals surface area (Å²) in [6.07, 6.45) is 0. The molecule has 0 bridgehead atoms. The molecule has 5 heteroatoms. The highest BCUT2D eigenvalue weighted by molar-refractivity contribution is 5.98. The van der Waals surface area contributed by atoms with Gasteiger partial charge in [-0.05, 0) is 55.3 Å². The summed E-state index contributed by atoms with van der Waals surface area (Å²) >= 11 is 0. The number of Topliss-reactive ketones (excluding diaryl/α,β-unsaturated/α-hetero) is 1. The lowest BCUT2D eigenvalue weighted by Gasteiger charge is -2.10. The number of aryl methyl sites for hydroxylation is 2. The van der Waals surface area contributed by atoms with E-state index in [1.54, 1.807) is 31.4 Å². The highest BCUT2D eigenvalue weighted by Gasteiger charge is 2.11. The first-order chi connectivity index (χ1) is 11.5. The van der Waals surface area contributed by atoms with Gasteiger partial charge in [-0.1, -0.05) is 12.1 Å². The van der Waals surface area contributed by atoms with E-state index in [4.69, 9.17) is 14.2 Å². The van der Waals surface area contributed by atoms with Crippen molar-refractivity contribution in [3.63, 3.8) is 0 Å². The Kier molecular flexibility index (Phi) is 5.95. The number of ketones is 1. The van der Waals surface area contributed by atoms with E-state index in [0.717, 1.165) is 11.1 Å². The highest BCUT2D eigenvalue weighted by atomic mass is 16.6. The van der Waals surface area contributed by atoms with Crippen molar-refractivity contribution in [1.82, 2.24) is 0 Å². The number of methoxy groups -OCH3 is 1. The Morgan fingerprint density at radius 2 is 1.67 bits per heavy atom. The molecule has 24 heavy (non-hydrogen) atoms. The molecule has 0 N–H and O–H groups in total. The van der Waals surface area contributed by atoms with E-state index >= 15 is 0 Å². The molecular weight excluding hydrogens is 308 g/mol. The summed E-state index contributed by atoms with van der Waals surface area (Å²) < 4.78 is 15.4. The Hall–Kier alpha value is -2.82. The number of hydrogen-bond donors (Lipinski definition) is 0. The van der Waals surface area contributed by atoms with Crippen molar-refractivity contribution >= 4 is 11.8 Å². The van der Waals surface area contributed by atoms with Crippen LogP contribution in [0.4, 0.5) is 0 Å². The highest BCUT2D eigenvalue weighted by Crippen LogP contribution is 2.19. The third-order valence-corrected chi connectivity index (χ3v) is 3.47. The van der Waals surface area contributed by atoms with Crippen LogP contribution in [0.5, 0.6) is 11.5 Å². The lowest BCUT2D eigenvalue weighted by Crippen LogP contribution is -2.19. The second-order valence-electron chi connectivity index (χ2n) is 5.37. The minimum absolute atomic E-state index is 0.236. The van der Waals surface area contributed by atoms with Crippen molar-refractivity contribution in [2.75, 3.05) is 20.3 Å². The van der Waals surface area contributed by atoms with Crippen LogP contribution in [0.15, 0.2) is 42.5 Å². The predicted molar refractivity (Wildman–Crippen MR) is 89.7 cm³/mol. The van der Waals surface area contributed by atoms with Gasteiger partial charge in [0.15, 0.2) is 19.0 Å². The first-order valence-electron chi connectivity index (χ1n) is 7.52. The van der Waals surface area contributed by atoms with Gasteiger partial charge in [0.1, 0.15) is 11.5 Å². The third-order valence-electron chi connectivity index (χ3n) is 3.47. The molecule has 5 nitrogen and oxygen atoms in total. The van der Waals surface area contributed by atoms with Gasteiger partial charge in [-0.3, -0.25) is 4.79 Å². The molecule has 126 valence electrons. The lowest BCUT2D eigenvalue weighted by atomic mass is 10.1. The zero-order valence-corrected chi connectivity index (χ0v) is 14.0. The monoisotopic (exact) mass is 328 g/mol. The first-order valence-corrected chi connectivity index (χ1v) is 7.52. The maximum absolute atomic E-state index is 12.0. The number of ether oxygens (including phenoxy) is 3. The van der Waals surface area contributed by atoms with Crippen LogP contribution in [0.25, 0.3) is 0 Å². The molecule has 0 fully saturated rings. The molecule has 0 spiro atoms. The molecule has 0 saturated carbocycles. The fraction of sp³-hybridized carbons (Fsp3) is 0.263. The van der Waals surface area contributed by atoms with Crippen LogP contribution in [-0.4, -0.2) is 32.1 Å². The van der Waals surface area contributed by atoms with Crippen LogP contribution >= 0.6 is 0 Å². The fourth-order valence-corrected chi connectivity index (χ4v) is 2.05. The van der Waals surface area contributed by atoms with Crippen molar-refractivity contribution in [2.24, 2.45) is 0 Å². The predicted octanol–water partition coefficient (Wildman–Crippen LogP) is 3.12. The number of carbonyl (C=O) groups is 2. The van der Waals surface area contributed by atoms with Crippen molar-refractivity contribution < 1.29 is 23.8 Å². The number of rotatable bonds is 7. The van der Waals surface area contributed by atoms with Crippen molar-refractivity contribution in [2.45, 2.75) is 13.8 Å². The Morgan fingerprint density at radius 3 is 2.33 bits per heavy atom. The summed E-state index contributed by atoms with van der Waals surface area (Å²) in [4.78, 5) is 23.7. The van der Waals surface area contributed by atoms with Gasteiger partial charge in [0.2, 0.25) is 0 Å². The number of hydrogen-bond acceptors (Lipinski definition) is 5. The molecule has 0 amide bonds. The first kappa shape index (κ1) is 17.5. The average molecular weight is 328 g/mol. The topological polar surface area (TPSA) is 61.8 Å². The summed E-state index contributed by atoms with van der Waals surface area (Å²) in [7, 11) is 1.55. The van der Waals surface area contributed by atoms with E-state index in [9.17, 15) is 9.59 Å². The maximum atomic E-state index is 12.0. The Morgan fingerprint density at radius 1 is 0.958 bits per heavy atom. The quantitative estimate of drug-likeness (QED) is 0.577. The van der Waals surface area contributed by atoms with Gasteiger partial charge in [0.25, 0.3) is 0 Å². The molecule has 0 atom stereocenters. The van der Waals surface area contributed by atoms with Gasteiger partial charge in [-0.15, -0.1) is 0 Å². The molecule has 0 aliphatic rings. The molecule has 2 aromatic carbocycles. The summed E-state index contributed by atoms with van der Waals surface area (Å²) in [5.41, 5.74) is 2.43. The zero-order valence-electron chi connectivity index (χ0n) is 14.0. The maximum Gasteiger partial charge on any atom is 0.344 e. The second kappa shape index (κ2) is 8.15. The van der Waals surface area contributed by atoms with E-state index in [1.807, 2.05) is 32.0 Å². The largest absolute Gasteiger partial charge is 0.497 e. The molecule has 0 radical (unpaired) electrons. The molecule has 2 aromatic rings. The van der Waals surface area contributed by atoms with Crippen molar-refractivity contribution in [3.05, 3.63) is 59.2 Å². The van der Waals surface area contributed by atoms with Crippen LogP contribution in [0.3, 0.4) is 0 Å². The fourth-order valence-electron chi connectivity index (χ4n) is 2.05. The van der Waals surface area contributed by atoms with Crippen LogP contribution in [0.2, 0.25) is 0 Å². The molecular formula is C19H20O5. The van der Waals surface area contributed by atoms with E-state index in [1.165, 1.54) is 0 Å². The molecule has 0 unspecified atom stereocenters. The smallest absolute Gasteiger partial charge is 0.344 e. The second-order valence-corrected chi connectivity index (χ2v) is 5.37. The molecule has 2 rings (SSSR count). The van der Waals surface area contributed by atoms with E-state index in [0.29, 0.717) is 17.1 Å². The van der Waals surface area contributed by atoms with Crippen LogP contribution < -0.4 is 9.47 Å². The van der Waals surface area contributed by atoms with Crippen molar-refractivity contribution in [1.29, 1.82) is 0 Å². The third kappa shape index (κ3) is 4.84. The van der Waals surface area contributed by atoms with Gasteiger partial charge in [0, 0.05) is 5.56 Å². The number of carbonyl (C=O) groups excluding carboxylic acids is 2. The Balaban J connectivity index is 1.82. The standard InChI is InChI=1S/C19H20O5/c1-13-4-5-14(2)18(10-13)23-12-19(21)24-11-17(20)15-6-8-16(22-3)9-7-15/h4-10H,11-12H2,1-3H3.